The van der Waals surface area contributed by atoms with Gasteiger partial charge in [0.05, 0.1) is 48.0 Å². The Morgan fingerprint density at radius 3 is 1.74 bits per heavy atom. The minimum atomic E-state index is -0.254. The first-order chi connectivity index (χ1) is 49.8. The van der Waals surface area contributed by atoms with E-state index in [1.54, 1.807) is 11.9 Å². The lowest BCUT2D eigenvalue weighted by Crippen LogP contribution is -2.54. The van der Waals surface area contributed by atoms with Crippen LogP contribution in [0.1, 0.15) is 256 Å². The third-order valence-corrected chi connectivity index (χ3v) is 22.7. The number of nitrogens with zero attached hydrogens (tertiary/aromatic N) is 8. The number of benzene rings is 2. The first-order valence-corrected chi connectivity index (χ1v) is 40.1. The number of likely N-dealkylation sites (tertiary alicyclic amines) is 1. The molecular formula is C89H139N15O3. The van der Waals surface area contributed by atoms with Crippen molar-refractivity contribution in [2.24, 2.45) is 38.3 Å². The van der Waals surface area contributed by atoms with E-state index in [2.05, 4.69) is 315 Å². The first kappa shape index (κ1) is 83.8. The molecule has 0 spiro atoms. The van der Waals surface area contributed by atoms with Gasteiger partial charge < -0.3 is 45.0 Å². The van der Waals surface area contributed by atoms with E-state index < -0.39 is 0 Å². The molecule has 2 aromatic carbocycles. The molecule has 0 saturated carbocycles. The van der Waals surface area contributed by atoms with Crippen LogP contribution in [-0.4, -0.2) is 146 Å². The number of rotatable bonds is 1. The monoisotopic (exact) mass is 1470 g/mol. The van der Waals surface area contributed by atoms with E-state index in [-0.39, 0.29) is 40.3 Å². The number of carbonyl (C=O) groups excluding carboxylic acids is 1. The zero-order chi connectivity index (χ0) is 78.2. The molecule has 2 fully saturated rings. The molecule has 1 amide bonds. The average Bonchev–Trinajstić information content (AvgIpc) is 1.63. The molecule has 18 nitrogen and oxygen atoms in total. The van der Waals surface area contributed by atoms with Crippen molar-refractivity contribution < 1.29 is 14.3 Å². The molecule has 0 radical (unpaired) electrons. The van der Waals surface area contributed by atoms with E-state index in [4.69, 9.17) is 9.47 Å². The maximum Gasteiger partial charge on any atom is 0.407 e. The number of carbonyl (C=O) groups is 1. The molecule has 7 aromatic rings. The van der Waals surface area contributed by atoms with Crippen LogP contribution in [0.2, 0.25) is 0 Å². The van der Waals surface area contributed by atoms with Crippen molar-refractivity contribution >= 4 is 39.8 Å². The Morgan fingerprint density at radius 1 is 0.542 bits per heavy atom. The zero-order valence-electron chi connectivity index (χ0n) is 70.5. The fraction of sp³-hybridized carbons (Fsp3) is 0.629. The molecule has 7 aliphatic heterocycles. The number of H-pyrrole nitrogens is 5. The van der Waals surface area contributed by atoms with Crippen LogP contribution < -0.4 is 10.6 Å². The highest BCUT2D eigenvalue weighted by Gasteiger charge is 2.41. The number of ether oxygens (including phenoxy) is 2. The molecule has 588 valence electrons. The Labute approximate surface area is 643 Å². The lowest BCUT2D eigenvalue weighted by atomic mass is 9.72. The fourth-order valence-corrected chi connectivity index (χ4v) is 15.5. The van der Waals surface area contributed by atoms with Crippen LogP contribution in [0.3, 0.4) is 0 Å². The van der Waals surface area contributed by atoms with Gasteiger partial charge in [-0.15, -0.1) is 0 Å². The van der Waals surface area contributed by atoms with Crippen molar-refractivity contribution in [1.29, 1.82) is 0 Å². The van der Waals surface area contributed by atoms with Crippen molar-refractivity contribution in [3.8, 4) is 0 Å². The summed E-state index contributed by atoms with van der Waals surface area (Å²) in [7, 11) is 0. The maximum atomic E-state index is 11.0. The van der Waals surface area contributed by atoms with Crippen LogP contribution in [0.4, 0.5) is 4.79 Å². The second kappa shape index (κ2) is 34.3. The molecule has 18 heteroatoms. The largest absolute Gasteiger partial charge is 0.443 e. The van der Waals surface area contributed by atoms with Gasteiger partial charge >= 0.3 is 6.09 Å². The van der Waals surface area contributed by atoms with Crippen LogP contribution in [0.15, 0.2) is 114 Å². The van der Waals surface area contributed by atoms with E-state index in [1.807, 2.05) is 12.5 Å². The quantitative estimate of drug-likeness (QED) is 0.0829. The molecule has 4 unspecified atom stereocenters. The summed E-state index contributed by atoms with van der Waals surface area (Å²) in [6.07, 6.45) is 23.2. The third kappa shape index (κ3) is 23.9. The summed E-state index contributed by atoms with van der Waals surface area (Å²) >= 11 is 0. The minimum absolute atomic E-state index is 0.0514. The van der Waals surface area contributed by atoms with Gasteiger partial charge in [0, 0.05) is 157 Å². The van der Waals surface area contributed by atoms with Crippen molar-refractivity contribution in [3.05, 3.63) is 154 Å². The molecule has 9 aliphatic rings. The SMILES string of the molecule is C=C1NC2=C(CN(C(C)(C)C)CC2)O1.CC(C)(C)C1CCc2[nH]ccc2C1.CC(C)(C)C1CCc2nc[nH]c2C1.CC(C)(C)CC1=NN=CC1.CC(C)(C)N1CCC2NC(=O)OC2C1.CC(C)(C)N1CCc2[nH]ccc2C1.CC(C)(C)N1CCc2nc[nH]c2C1.CC(C)(C)c1ccc2[nH]c3ccccc3c2c1. The van der Waals surface area contributed by atoms with Gasteiger partial charge in [0.25, 0.3) is 0 Å². The number of aromatic nitrogens is 7. The predicted octanol–water partition coefficient (Wildman–Crippen LogP) is 19.1. The predicted molar refractivity (Wildman–Crippen MR) is 445 cm³/mol. The number of piperidine rings is 1. The second-order valence-corrected chi connectivity index (χ2v) is 39.5. The highest BCUT2D eigenvalue weighted by atomic mass is 16.6. The van der Waals surface area contributed by atoms with Gasteiger partial charge in [-0.1, -0.05) is 107 Å². The van der Waals surface area contributed by atoms with Crippen LogP contribution in [0.5, 0.6) is 0 Å². The Morgan fingerprint density at radius 2 is 1.11 bits per heavy atom. The molecule has 0 bridgehead atoms. The molecule has 107 heavy (non-hydrogen) atoms. The van der Waals surface area contributed by atoms with E-state index in [0.29, 0.717) is 27.7 Å². The van der Waals surface area contributed by atoms with E-state index in [9.17, 15) is 4.79 Å². The van der Waals surface area contributed by atoms with E-state index >= 15 is 0 Å². The van der Waals surface area contributed by atoms with Crippen LogP contribution in [0.25, 0.3) is 21.8 Å². The number of alkyl carbamates (subject to hydrolysis) is 1. The van der Waals surface area contributed by atoms with Gasteiger partial charge in [-0.2, -0.15) is 10.2 Å². The molecule has 2 aliphatic carbocycles. The first-order valence-electron chi connectivity index (χ1n) is 40.1. The van der Waals surface area contributed by atoms with Gasteiger partial charge in [-0.05, 0) is 222 Å². The highest BCUT2D eigenvalue weighted by molar-refractivity contribution is 6.07. The zero-order valence-corrected chi connectivity index (χ0v) is 70.5. The number of aromatic amines is 5. The Balaban J connectivity index is 0.000000142. The lowest BCUT2D eigenvalue weighted by Gasteiger charge is -2.41. The number of hydrogen-bond acceptors (Lipinski definition) is 12. The molecular weight excluding hydrogens is 1330 g/mol. The Hall–Kier alpha value is -7.25. The van der Waals surface area contributed by atoms with Crippen LogP contribution >= 0.6 is 0 Å². The van der Waals surface area contributed by atoms with Gasteiger partial charge in [0.15, 0.2) is 5.88 Å². The van der Waals surface area contributed by atoms with Crippen LogP contribution in [0, 0.1) is 28.1 Å². The molecule has 12 heterocycles. The molecule has 2 saturated heterocycles. The van der Waals surface area contributed by atoms with Gasteiger partial charge in [-0.25, -0.2) is 14.8 Å². The standard InChI is InChI=1S/C16H17N.C12H19N.C11H18N2O.2C11H18N2.C10H17N3.C10H18N2O2.C8H14N2/c1-16(2,3)11-8-9-15-13(10-11)12-6-4-5-7-14(12)17-15;1-12(2,3)10-4-5-11-9(8-10)6-7-13-11;1-8-12-9-5-6-13(11(2,3)4)7-10(9)14-8;1-11(2,3)13-7-5-10-9(8-13)4-6-12-10;1-11(2,3)8-4-5-9-10(6-8)13-7-12-9;1-10(2,3)13-5-4-8-9(6-13)12-7-11-8;1-10(2,3)12-5-4-7-8(6-12)14-9(13)11-7;1-8(2,3)6-7-4-5-9-10-7/h4-10,17H,1-3H3;6-7,10,13H,4-5,8H2,1-3H3;12H,1,5-7H2,2-4H3;4,6,12H,5,7-8H2,1-3H3;7-8H,4-6H2,1-3H3,(H,12,13);7H,4-6H2,1-3H3,(H,11,12);7-8H,4-6H2,1-3H3,(H,11,13);5H,4,6H2,1-3H3. The Bertz CT molecular complexity index is 3880. The number of hydrogen-bond donors (Lipinski definition) is 7. The van der Waals surface area contributed by atoms with E-state index in [0.717, 1.165) is 102 Å². The topological polar surface area (TPSA) is 202 Å². The second-order valence-electron chi connectivity index (χ2n) is 39.5. The van der Waals surface area contributed by atoms with Gasteiger partial charge in [-0.3, -0.25) is 19.6 Å². The fourth-order valence-electron chi connectivity index (χ4n) is 15.5. The van der Waals surface area contributed by atoms with Crippen molar-refractivity contribution in [3.63, 3.8) is 0 Å². The molecule has 4 atom stereocenters. The normalized spacial score (nSPS) is 21.1. The van der Waals surface area contributed by atoms with Crippen molar-refractivity contribution in [1.82, 2.24) is 65.1 Å². The van der Waals surface area contributed by atoms with Crippen molar-refractivity contribution in [2.75, 3.05) is 39.3 Å². The summed E-state index contributed by atoms with van der Waals surface area (Å²) in [6, 6.07) is 19.9. The van der Waals surface area contributed by atoms with Gasteiger partial charge in [0.2, 0.25) is 0 Å². The Kier molecular flexibility index (Phi) is 26.9. The summed E-state index contributed by atoms with van der Waals surface area (Å²) in [6.45, 7) is 66.4. The number of amides is 1. The average molecular weight is 1470 g/mol. The molecule has 16 rings (SSSR count). The van der Waals surface area contributed by atoms with E-state index in [1.165, 1.54) is 124 Å². The summed E-state index contributed by atoms with van der Waals surface area (Å²) < 4.78 is 10.7. The smallest absolute Gasteiger partial charge is 0.407 e. The number of aryl methyl sites for hydroxylation is 2. The highest BCUT2D eigenvalue weighted by Crippen LogP contribution is 2.39. The number of nitrogens with one attached hydrogen (secondary N) is 7. The van der Waals surface area contributed by atoms with Crippen molar-refractivity contribution in [2.45, 2.75) is 296 Å². The third-order valence-electron chi connectivity index (χ3n) is 22.7. The lowest BCUT2D eigenvalue weighted by molar-refractivity contribution is 0.0255. The number of para-hydroxylation sites is 1. The number of imidazole rings is 2. The minimum Gasteiger partial charge on any atom is -0.443 e. The summed E-state index contributed by atoms with van der Waals surface area (Å²) in [5.41, 5.74) is 19.8. The maximum absolute atomic E-state index is 11.0. The summed E-state index contributed by atoms with van der Waals surface area (Å²) in [5, 5.41) is 16.5. The van der Waals surface area contributed by atoms with Gasteiger partial charge in [0.1, 0.15) is 11.9 Å². The number of fused-ring (bicyclic) bond motifs is 8. The molecule has 7 N–H and O–H groups in total. The summed E-state index contributed by atoms with van der Waals surface area (Å²) in [5.74, 6) is 3.39. The van der Waals surface area contributed by atoms with Crippen LogP contribution in [-0.2, 0) is 66.5 Å². The summed E-state index contributed by atoms with van der Waals surface area (Å²) in [4.78, 5) is 46.0. The molecule has 5 aromatic heterocycles.